The Kier molecular flexibility index (Phi) is 5.62. The van der Waals surface area contributed by atoms with E-state index in [2.05, 4.69) is 19.9 Å². The number of hydrogen-bond acceptors (Lipinski definition) is 5. The lowest BCUT2D eigenvalue weighted by atomic mass is 10.1. The molecule has 7 nitrogen and oxygen atoms in total. The third kappa shape index (κ3) is 4.84. The molecule has 0 unspecified atom stereocenters. The van der Waals surface area contributed by atoms with Crippen molar-refractivity contribution < 1.29 is 18.0 Å². The number of imidazole rings is 1. The predicted molar refractivity (Wildman–Crippen MR) is 108 cm³/mol. The standard InChI is InChI=1S/C21H21F3N6O/c1-15-26-18(13-19(27-15)30-6-5-25-14-30)28-7-9-29(10-8-28)20(31)12-16-3-2-4-17(11-16)21(22,23)24/h2-6,11,13-14H,7-10,12H2,1H3. The van der Waals surface area contributed by atoms with Crippen molar-refractivity contribution in [2.75, 3.05) is 31.1 Å². The van der Waals surface area contributed by atoms with E-state index < -0.39 is 11.7 Å². The number of nitrogens with zero attached hydrogens (tertiary/aromatic N) is 6. The zero-order chi connectivity index (χ0) is 22.0. The molecule has 0 atom stereocenters. The molecule has 4 rings (SSSR count). The van der Waals surface area contributed by atoms with Gasteiger partial charge >= 0.3 is 6.18 Å². The average Bonchev–Trinajstić information content (AvgIpc) is 3.28. The molecule has 2 aromatic heterocycles. The zero-order valence-corrected chi connectivity index (χ0v) is 16.9. The molecule has 3 heterocycles. The maximum absolute atomic E-state index is 12.9. The van der Waals surface area contributed by atoms with Crippen LogP contribution in [0.25, 0.3) is 5.82 Å². The van der Waals surface area contributed by atoms with Crippen molar-refractivity contribution in [2.45, 2.75) is 19.5 Å². The second kappa shape index (κ2) is 8.37. The monoisotopic (exact) mass is 430 g/mol. The van der Waals surface area contributed by atoms with Crippen molar-refractivity contribution in [3.63, 3.8) is 0 Å². The summed E-state index contributed by atoms with van der Waals surface area (Å²) in [7, 11) is 0. The maximum Gasteiger partial charge on any atom is 0.416 e. The first-order valence-corrected chi connectivity index (χ1v) is 9.82. The minimum absolute atomic E-state index is 0.0543. The third-order valence-electron chi connectivity index (χ3n) is 5.15. The number of anilines is 1. The summed E-state index contributed by atoms with van der Waals surface area (Å²) in [5.74, 6) is 1.92. The average molecular weight is 430 g/mol. The van der Waals surface area contributed by atoms with Gasteiger partial charge in [-0.05, 0) is 18.6 Å². The number of halogens is 3. The second-order valence-corrected chi connectivity index (χ2v) is 7.34. The van der Waals surface area contributed by atoms with Crippen molar-refractivity contribution in [3.8, 4) is 5.82 Å². The van der Waals surface area contributed by atoms with Gasteiger partial charge in [0.05, 0.1) is 12.0 Å². The fraction of sp³-hybridized carbons (Fsp3) is 0.333. The smallest absolute Gasteiger partial charge is 0.353 e. The Morgan fingerprint density at radius 1 is 1.06 bits per heavy atom. The molecule has 1 aliphatic rings. The Hall–Kier alpha value is -3.43. The highest BCUT2D eigenvalue weighted by Gasteiger charge is 2.30. The van der Waals surface area contributed by atoms with Crippen LogP contribution in [0.5, 0.6) is 0 Å². The topological polar surface area (TPSA) is 67.2 Å². The summed E-state index contributed by atoms with van der Waals surface area (Å²) in [6.45, 7) is 3.92. The molecular formula is C21H21F3N6O. The lowest BCUT2D eigenvalue weighted by molar-refractivity contribution is -0.138. The Labute approximate surface area is 177 Å². The van der Waals surface area contributed by atoms with E-state index in [1.807, 2.05) is 13.0 Å². The van der Waals surface area contributed by atoms with Crippen LogP contribution in [0.2, 0.25) is 0 Å². The number of hydrogen-bond donors (Lipinski definition) is 0. The quantitative estimate of drug-likeness (QED) is 0.637. The maximum atomic E-state index is 12.9. The lowest BCUT2D eigenvalue weighted by Crippen LogP contribution is -2.49. The van der Waals surface area contributed by atoms with Crippen molar-refractivity contribution in [3.05, 3.63) is 66.0 Å². The summed E-state index contributed by atoms with van der Waals surface area (Å²) in [6, 6.07) is 6.79. The lowest BCUT2D eigenvalue weighted by Gasteiger charge is -2.35. The first-order valence-electron chi connectivity index (χ1n) is 9.82. The molecule has 10 heteroatoms. The van der Waals surface area contributed by atoms with E-state index in [0.717, 1.165) is 18.0 Å². The molecule has 31 heavy (non-hydrogen) atoms. The van der Waals surface area contributed by atoms with Crippen LogP contribution in [-0.2, 0) is 17.4 Å². The normalized spacial score (nSPS) is 14.7. The number of aryl methyl sites for hydroxylation is 1. The molecule has 0 aliphatic carbocycles. The number of piperazine rings is 1. The van der Waals surface area contributed by atoms with Crippen LogP contribution >= 0.6 is 0 Å². The van der Waals surface area contributed by atoms with Gasteiger partial charge in [-0.3, -0.25) is 9.36 Å². The van der Waals surface area contributed by atoms with E-state index in [1.54, 1.807) is 34.3 Å². The van der Waals surface area contributed by atoms with E-state index >= 15 is 0 Å². The molecule has 1 aromatic carbocycles. The van der Waals surface area contributed by atoms with Crippen molar-refractivity contribution in [2.24, 2.45) is 0 Å². The van der Waals surface area contributed by atoms with Gasteiger partial charge in [0.1, 0.15) is 23.8 Å². The molecule has 1 fully saturated rings. The largest absolute Gasteiger partial charge is 0.416 e. The molecule has 0 radical (unpaired) electrons. The van der Waals surface area contributed by atoms with Crippen molar-refractivity contribution in [1.82, 2.24) is 24.4 Å². The molecule has 0 spiro atoms. The molecule has 0 saturated carbocycles. The summed E-state index contributed by atoms with van der Waals surface area (Å²) in [5, 5.41) is 0. The van der Waals surface area contributed by atoms with Gasteiger partial charge in [-0.25, -0.2) is 15.0 Å². The highest BCUT2D eigenvalue weighted by atomic mass is 19.4. The summed E-state index contributed by atoms with van der Waals surface area (Å²) in [5.41, 5.74) is -0.380. The Balaban J connectivity index is 1.39. The molecule has 0 bridgehead atoms. The van der Waals surface area contributed by atoms with Crippen LogP contribution in [0.15, 0.2) is 49.1 Å². The predicted octanol–water partition coefficient (Wildman–Crippen LogP) is 2.88. The van der Waals surface area contributed by atoms with Gasteiger partial charge in [-0.15, -0.1) is 0 Å². The van der Waals surface area contributed by atoms with Crippen LogP contribution in [0.4, 0.5) is 19.0 Å². The highest BCUT2D eigenvalue weighted by molar-refractivity contribution is 5.79. The van der Waals surface area contributed by atoms with Gasteiger partial charge in [-0.2, -0.15) is 13.2 Å². The summed E-state index contributed by atoms with van der Waals surface area (Å²) >= 11 is 0. The first-order chi connectivity index (χ1) is 14.8. The van der Waals surface area contributed by atoms with Crippen LogP contribution < -0.4 is 4.90 Å². The van der Waals surface area contributed by atoms with Gasteiger partial charge in [0.2, 0.25) is 5.91 Å². The molecular weight excluding hydrogens is 409 g/mol. The Bertz CT molecular complexity index is 1060. The van der Waals surface area contributed by atoms with Crippen molar-refractivity contribution in [1.29, 1.82) is 0 Å². The second-order valence-electron chi connectivity index (χ2n) is 7.34. The minimum atomic E-state index is -4.42. The number of aromatic nitrogens is 4. The van der Waals surface area contributed by atoms with Crippen LogP contribution in [0, 0.1) is 6.92 Å². The van der Waals surface area contributed by atoms with Crippen LogP contribution in [0.1, 0.15) is 17.0 Å². The number of amides is 1. The van der Waals surface area contributed by atoms with Gasteiger partial charge in [-0.1, -0.05) is 18.2 Å². The number of benzene rings is 1. The Morgan fingerprint density at radius 2 is 1.81 bits per heavy atom. The molecule has 3 aromatic rings. The summed E-state index contributed by atoms with van der Waals surface area (Å²) < 4.78 is 40.5. The number of rotatable bonds is 4. The zero-order valence-electron chi connectivity index (χ0n) is 16.9. The summed E-state index contributed by atoms with van der Waals surface area (Å²) in [4.78, 5) is 29.4. The van der Waals surface area contributed by atoms with E-state index in [0.29, 0.717) is 43.4 Å². The summed E-state index contributed by atoms with van der Waals surface area (Å²) in [6.07, 6.45) is 0.662. The number of carbonyl (C=O) groups is 1. The SMILES string of the molecule is Cc1nc(N2CCN(C(=O)Cc3cccc(C(F)(F)F)c3)CC2)cc(-n2ccnc2)n1. The third-order valence-corrected chi connectivity index (χ3v) is 5.15. The fourth-order valence-corrected chi connectivity index (χ4v) is 3.55. The Morgan fingerprint density at radius 3 is 2.48 bits per heavy atom. The number of carbonyl (C=O) groups excluding carboxylic acids is 1. The van der Waals surface area contributed by atoms with Gasteiger partial charge in [0.15, 0.2) is 0 Å². The molecule has 0 N–H and O–H groups in total. The van der Waals surface area contributed by atoms with E-state index in [4.69, 9.17) is 0 Å². The van der Waals surface area contributed by atoms with E-state index in [9.17, 15) is 18.0 Å². The minimum Gasteiger partial charge on any atom is -0.353 e. The highest BCUT2D eigenvalue weighted by Crippen LogP contribution is 2.29. The van der Waals surface area contributed by atoms with Gasteiger partial charge in [0.25, 0.3) is 0 Å². The first kappa shape index (κ1) is 20.8. The van der Waals surface area contributed by atoms with Crippen LogP contribution in [-0.4, -0.2) is 56.5 Å². The molecule has 162 valence electrons. The molecule has 1 saturated heterocycles. The molecule has 1 aliphatic heterocycles. The number of alkyl halides is 3. The van der Waals surface area contributed by atoms with Gasteiger partial charge < -0.3 is 9.80 Å². The van der Waals surface area contributed by atoms with E-state index in [1.165, 1.54) is 6.07 Å². The van der Waals surface area contributed by atoms with E-state index in [-0.39, 0.29) is 12.3 Å². The van der Waals surface area contributed by atoms with Crippen LogP contribution in [0.3, 0.4) is 0 Å². The van der Waals surface area contributed by atoms with Crippen molar-refractivity contribution >= 4 is 11.7 Å². The molecule has 1 amide bonds. The fourth-order valence-electron chi connectivity index (χ4n) is 3.55. The van der Waals surface area contributed by atoms with Gasteiger partial charge in [0, 0.05) is 44.6 Å².